The lowest BCUT2D eigenvalue weighted by atomic mass is 9.97. The summed E-state index contributed by atoms with van der Waals surface area (Å²) < 4.78 is 27.8. The zero-order valence-corrected chi connectivity index (χ0v) is 16.5. The van der Waals surface area contributed by atoms with Crippen molar-refractivity contribution in [2.75, 3.05) is 19.6 Å². The van der Waals surface area contributed by atoms with E-state index in [1.807, 2.05) is 0 Å². The summed E-state index contributed by atoms with van der Waals surface area (Å²) in [5.74, 6) is -0.129. The summed E-state index contributed by atoms with van der Waals surface area (Å²) in [7, 11) is 0. The molecule has 6 heteroatoms. The van der Waals surface area contributed by atoms with Gasteiger partial charge in [-0.3, -0.25) is 9.69 Å². The molecule has 29 heavy (non-hydrogen) atoms. The van der Waals surface area contributed by atoms with E-state index >= 15 is 0 Å². The van der Waals surface area contributed by atoms with Gasteiger partial charge < -0.3 is 0 Å². The van der Waals surface area contributed by atoms with Crippen LogP contribution in [0.5, 0.6) is 0 Å². The van der Waals surface area contributed by atoms with Crippen molar-refractivity contribution in [2.45, 2.75) is 32.2 Å². The van der Waals surface area contributed by atoms with Gasteiger partial charge >= 0.3 is 0 Å². The Hall–Kier alpha value is -2.60. The van der Waals surface area contributed by atoms with Gasteiger partial charge in [-0.2, -0.15) is 5.10 Å². The fraction of sp³-hybridized carbons (Fsp3) is 0.391. The lowest BCUT2D eigenvalue weighted by Crippen LogP contribution is -2.41. The van der Waals surface area contributed by atoms with Gasteiger partial charge in [0.2, 0.25) is 0 Å². The van der Waals surface area contributed by atoms with Crippen LogP contribution >= 0.6 is 0 Å². The Morgan fingerprint density at radius 1 is 1.07 bits per heavy atom. The molecule has 1 amide bonds. The van der Waals surface area contributed by atoms with Gasteiger partial charge in [-0.15, -0.1) is 0 Å². The Kier molecular flexibility index (Phi) is 5.72. The molecule has 0 N–H and O–H groups in total. The van der Waals surface area contributed by atoms with E-state index in [0.29, 0.717) is 23.6 Å². The number of halogens is 2. The van der Waals surface area contributed by atoms with E-state index in [-0.39, 0.29) is 24.1 Å². The molecule has 152 valence electrons. The van der Waals surface area contributed by atoms with Crippen LogP contribution in [0.2, 0.25) is 0 Å². The van der Waals surface area contributed by atoms with Crippen molar-refractivity contribution in [1.82, 2.24) is 9.91 Å². The van der Waals surface area contributed by atoms with Gasteiger partial charge in [0.15, 0.2) is 0 Å². The average molecular weight is 397 g/mol. The summed E-state index contributed by atoms with van der Waals surface area (Å²) in [6.45, 7) is 4.28. The third-order valence-corrected chi connectivity index (χ3v) is 5.84. The number of rotatable bonds is 4. The number of nitrogens with zero attached hydrogens (tertiary/aromatic N) is 3. The van der Waals surface area contributed by atoms with Crippen molar-refractivity contribution in [3.63, 3.8) is 0 Å². The lowest BCUT2D eigenvalue weighted by Gasteiger charge is -2.31. The second-order valence-electron chi connectivity index (χ2n) is 7.99. The molecule has 2 aromatic rings. The molecular weight excluding hydrogens is 372 g/mol. The molecule has 0 spiro atoms. The summed E-state index contributed by atoms with van der Waals surface area (Å²) in [4.78, 5) is 15.3. The average Bonchev–Trinajstić information content (AvgIpc) is 3.16. The minimum Gasteiger partial charge on any atom is -0.294 e. The number of amides is 1. The van der Waals surface area contributed by atoms with Crippen molar-refractivity contribution in [1.29, 1.82) is 0 Å². The summed E-state index contributed by atoms with van der Waals surface area (Å²) in [5.41, 5.74) is 1.86. The third-order valence-electron chi connectivity index (χ3n) is 5.84. The number of piperidine rings is 1. The maximum atomic E-state index is 14.5. The molecule has 1 fully saturated rings. The van der Waals surface area contributed by atoms with Crippen LogP contribution in [0, 0.1) is 17.6 Å². The number of hydrogen-bond acceptors (Lipinski definition) is 3. The fourth-order valence-corrected chi connectivity index (χ4v) is 4.03. The molecule has 0 aliphatic carbocycles. The highest BCUT2D eigenvalue weighted by molar-refractivity contribution is 6.03. The molecule has 0 bridgehead atoms. The van der Waals surface area contributed by atoms with Crippen molar-refractivity contribution in [3.05, 3.63) is 71.3 Å². The van der Waals surface area contributed by atoms with E-state index < -0.39 is 6.04 Å². The SMILES string of the molecule is CC1CCN(CC(=O)N2N=C(c3ccc(F)cc3)C[C@@H]2c2ccccc2F)CC1. The third kappa shape index (κ3) is 4.37. The van der Waals surface area contributed by atoms with E-state index in [2.05, 4.69) is 16.9 Å². The Balaban J connectivity index is 1.59. The molecule has 0 radical (unpaired) electrons. The molecule has 0 saturated carbocycles. The first-order chi connectivity index (χ1) is 14.0. The second kappa shape index (κ2) is 8.41. The van der Waals surface area contributed by atoms with Crippen LogP contribution in [0.1, 0.15) is 43.4 Å². The van der Waals surface area contributed by atoms with Gasteiger partial charge in [-0.05, 0) is 55.6 Å². The van der Waals surface area contributed by atoms with E-state index in [1.54, 1.807) is 30.3 Å². The number of benzene rings is 2. The lowest BCUT2D eigenvalue weighted by molar-refractivity contribution is -0.134. The van der Waals surface area contributed by atoms with Crippen LogP contribution in [0.3, 0.4) is 0 Å². The highest BCUT2D eigenvalue weighted by Crippen LogP contribution is 2.34. The standard InChI is InChI=1S/C23H25F2N3O/c1-16-10-12-27(13-11-16)15-23(29)28-22(19-4-2-3-5-20(19)25)14-21(26-28)17-6-8-18(24)9-7-17/h2-9,16,22H,10-15H2,1H3/t22-/m1/s1. The van der Waals surface area contributed by atoms with Crippen LogP contribution in [0.25, 0.3) is 0 Å². The van der Waals surface area contributed by atoms with Gasteiger partial charge in [0.05, 0.1) is 18.3 Å². The zero-order valence-electron chi connectivity index (χ0n) is 16.5. The summed E-state index contributed by atoms with van der Waals surface area (Å²) >= 11 is 0. The highest BCUT2D eigenvalue weighted by atomic mass is 19.1. The maximum Gasteiger partial charge on any atom is 0.257 e. The first kappa shape index (κ1) is 19.7. The molecule has 2 aliphatic rings. The minimum atomic E-state index is -0.493. The van der Waals surface area contributed by atoms with Crippen molar-refractivity contribution in [2.24, 2.45) is 11.0 Å². The number of hydrazone groups is 1. The monoisotopic (exact) mass is 397 g/mol. The minimum absolute atomic E-state index is 0.134. The Labute approximate surface area is 169 Å². The van der Waals surface area contributed by atoms with Crippen LogP contribution in [-0.2, 0) is 4.79 Å². The first-order valence-electron chi connectivity index (χ1n) is 10.1. The molecule has 4 nitrogen and oxygen atoms in total. The largest absolute Gasteiger partial charge is 0.294 e. The summed E-state index contributed by atoms with van der Waals surface area (Å²) in [6.07, 6.45) is 2.55. The molecular formula is C23H25F2N3O. The van der Waals surface area contributed by atoms with Crippen LogP contribution in [0.15, 0.2) is 53.6 Å². The normalized spacial score (nSPS) is 20.7. The highest BCUT2D eigenvalue weighted by Gasteiger charge is 2.35. The van der Waals surface area contributed by atoms with Gasteiger partial charge in [0, 0.05) is 12.0 Å². The van der Waals surface area contributed by atoms with Crippen molar-refractivity contribution in [3.8, 4) is 0 Å². The topological polar surface area (TPSA) is 35.9 Å². The van der Waals surface area contributed by atoms with Crippen LogP contribution in [0.4, 0.5) is 8.78 Å². The number of carbonyl (C=O) groups is 1. The Morgan fingerprint density at radius 2 is 1.76 bits per heavy atom. The van der Waals surface area contributed by atoms with Gasteiger partial charge in [-0.1, -0.05) is 37.3 Å². The number of likely N-dealkylation sites (tertiary alicyclic amines) is 1. The van der Waals surface area contributed by atoms with Gasteiger partial charge in [-0.25, -0.2) is 13.8 Å². The molecule has 2 aliphatic heterocycles. The fourth-order valence-electron chi connectivity index (χ4n) is 4.03. The molecule has 0 aromatic heterocycles. The quantitative estimate of drug-likeness (QED) is 0.768. The van der Waals surface area contributed by atoms with E-state index in [1.165, 1.54) is 23.2 Å². The molecule has 2 aromatic carbocycles. The predicted octanol–water partition coefficient (Wildman–Crippen LogP) is 4.37. The van der Waals surface area contributed by atoms with Crippen LogP contribution in [-0.4, -0.2) is 41.2 Å². The van der Waals surface area contributed by atoms with Gasteiger partial charge in [0.1, 0.15) is 11.6 Å². The molecule has 2 heterocycles. The van der Waals surface area contributed by atoms with Crippen molar-refractivity contribution >= 4 is 11.6 Å². The Bertz CT molecular complexity index is 905. The summed E-state index contributed by atoms with van der Waals surface area (Å²) in [6, 6.07) is 12.0. The van der Waals surface area contributed by atoms with E-state index in [0.717, 1.165) is 31.5 Å². The number of carbonyl (C=O) groups excluding carboxylic acids is 1. The smallest absolute Gasteiger partial charge is 0.257 e. The van der Waals surface area contributed by atoms with E-state index in [9.17, 15) is 13.6 Å². The first-order valence-corrected chi connectivity index (χ1v) is 10.1. The molecule has 1 saturated heterocycles. The van der Waals surface area contributed by atoms with E-state index in [4.69, 9.17) is 0 Å². The molecule has 1 atom stereocenters. The summed E-state index contributed by atoms with van der Waals surface area (Å²) in [5, 5.41) is 5.98. The predicted molar refractivity (Wildman–Crippen MR) is 108 cm³/mol. The van der Waals surface area contributed by atoms with Crippen LogP contribution < -0.4 is 0 Å². The Morgan fingerprint density at radius 3 is 2.45 bits per heavy atom. The van der Waals surface area contributed by atoms with Crippen molar-refractivity contribution < 1.29 is 13.6 Å². The zero-order chi connectivity index (χ0) is 20.4. The molecule has 4 rings (SSSR count). The molecule has 0 unspecified atom stereocenters. The maximum absolute atomic E-state index is 14.5. The number of hydrogen-bond donors (Lipinski definition) is 0. The van der Waals surface area contributed by atoms with Gasteiger partial charge in [0.25, 0.3) is 5.91 Å². The second-order valence-corrected chi connectivity index (χ2v) is 7.99.